The van der Waals surface area contributed by atoms with Crippen molar-refractivity contribution in [3.63, 3.8) is 0 Å². The molecule has 0 fully saturated rings. The molecular weight excluding hydrogens is 271 g/mol. The Hall–Kier alpha value is -1.83. The predicted molar refractivity (Wildman–Crippen MR) is 58.7 cm³/mol. The van der Waals surface area contributed by atoms with Gasteiger partial charge in [-0.1, -0.05) is 11.6 Å². The van der Waals surface area contributed by atoms with E-state index in [1.165, 1.54) is 18.2 Å². The van der Waals surface area contributed by atoms with Crippen LogP contribution >= 0.6 is 11.6 Å². The molecule has 0 aliphatic rings. The molecule has 96 valence electrons. The highest BCUT2D eigenvalue weighted by atomic mass is 35.5. The molecule has 0 aliphatic carbocycles. The van der Waals surface area contributed by atoms with Crippen LogP contribution in [-0.2, 0) is 6.54 Å². The van der Waals surface area contributed by atoms with Crippen molar-refractivity contribution in [1.29, 1.82) is 0 Å². The van der Waals surface area contributed by atoms with E-state index in [-0.39, 0.29) is 10.8 Å². The molecule has 9 heteroatoms. The Balaban J connectivity index is 2.42. The fourth-order valence-electron chi connectivity index (χ4n) is 1.39. The molecule has 0 atom stereocenters. The van der Waals surface area contributed by atoms with Gasteiger partial charge in [-0.25, -0.2) is 4.68 Å². The summed E-state index contributed by atoms with van der Waals surface area (Å²) >= 11 is 5.89. The number of nitrogen functional groups attached to an aromatic ring is 1. The number of tetrazole rings is 1. The summed E-state index contributed by atoms with van der Waals surface area (Å²) in [6.45, 7) is -1.28. The van der Waals surface area contributed by atoms with E-state index in [0.717, 1.165) is 0 Å². The summed E-state index contributed by atoms with van der Waals surface area (Å²) in [7, 11) is 0. The molecule has 0 bridgehead atoms. The molecule has 0 unspecified atom stereocenters. The highest BCUT2D eigenvalue weighted by molar-refractivity contribution is 6.33. The van der Waals surface area contributed by atoms with Crippen LogP contribution in [0.5, 0.6) is 0 Å². The lowest BCUT2D eigenvalue weighted by Crippen LogP contribution is -2.19. The fourth-order valence-corrected chi connectivity index (χ4v) is 1.66. The third-order valence-corrected chi connectivity index (χ3v) is 2.41. The first kappa shape index (κ1) is 12.6. The highest BCUT2D eigenvalue weighted by Gasteiger charge is 2.30. The van der Waals surface area contributed by atoms with Gasteiger partial charge in [-0.05, 0) is 28.6 Å². The second-order valence-electron chi connectivity index (χ2n) is 3.51. The zero-order valence-electron chi connectivity index (χ0n) is 8.82. The number of nitrogens with zero attached hydrogens (tertiary/aromatic N) is 4. The Morgan fingerprint density at radius 1 is 1.33 bits per heavy atom. The monoisotopic (exact) mass is 277 g/mol. The first-order chi connectivity index (χ1) is 8.37. The van der Waals surface area contributed by atoms with Crippen LogP contribution in [0.25, 0.3) is 11.4 Å². The van der Waals surface area contributed by atoms with Crippen LogP contribution in [0.3, 0.4) is 0 Å². The molecule has 0 aliphatic heterocycles. The van der Waals surface area contributed by atoms with Gasteiger partial charge in [0.1, 0.15) is 6.54 Å². The molecule has 0 radical (unpaired) electrons. The summed E-state index contributed by atoms with van der Waals surface area (Å²) in [5.74, 6) is -0.0580. The van der Waals surface area contributed by atoms with Gasteiger partial charge in [0, 0.05) is 11.3 Å². The van der Waals surface area contributed by atoms with E-state index in [2.05, 4.69) is 15.5 Å². The third kappa shape index (κ3) is 2.70. The van der Waals surface area contributed by atoms with Crippen LogP contribution in [0.4, 0.5) is 18.9 Å². The highest BCUT2D eigenvalue weighted by Crippen LogP contribution is 2.29. The number of nitrogens with two attached hydrogens (primary N) is 1. The molecule has 2 aromatic rings. The van der Waals surface area contributed by atoms with E-state index in [0.29, 0.717) is 15.9 Å². The standard InChI is InChI=1S/C9H7ClF3N5/c10-7-3-5(14)1-2-6(7)8-15-16-17-18(8)4-9(11,12)13/h1-3H,4,14H2. The summed E-state index contributed by atoms with van der Waals surface area (Å²) in [6, 6.07) is 4.40. The van der Waals surface area contributed by atoms with E-state index >= 15 is 0 Å². The van der Waals surface area contributed by atoms with Gasteiger partial charge in [-0.15, -0.1) is 5.10 Å². The molecule has 0 saturated heterocycles. The van der Waals surface area contributed by atoms with Crippen molar-refractivity contribution in [1.82, 2.24) is 20.2 Å². The van der Waals surface area contributed by atoms with Crippen molar-refractivity contribution in [2.45, 2.75) is 12.7 Å². The summed E-state index contributed by atoms with van der Waals surface area (Å²) in [5, 5.41) is 10.2. The van der Waals surface area contributed by atoms with Gasteiger partial charge in [-0.2, -0.15) is 13.2 Å². The Morgan fingerprint density at radius 3 is 2.67 bits per heavy atom. The lowest BCUT2D eigenvalue weighted by Gasteiger charge is -2.09. The summed E-state index contributed by atoms with van der Waals surface area (Å²) in [5.41, 5.74) is 6.19. The Kier molecular flexibility index (Phi) is 3.12. The average Bonchev–Trinajstić information content (AvgIpc) is 2.63. The smallest absolute Gasteiger partial charge is 0.399 e. The number of hydrogen-bond acceptors (Lipinski definition) is 4. The van der Waals surface area contributed by atoms with E-state index in [9.17, 15) is 13.2 Å². The number of anilines is 1. The van der Waals surface area contributed by atoms with E-state index < -0.39 is 12.7 Å². The van der Waals surface area contributed by atoms with Crippen molar-refractivity contribution in [2.75, 3.05) is 5.73 Å². The minimum Gasteiger partial charge on any atom is -0.399 e. The van der Waals surface area contributed by atoms with Crippen LogP contribution < -0.4 is 5.73 Å². The SMILES string of the molecule is Nc1ccc(-c2nnnn2CC(F)(F)F)c(Cl)c1. The Labute approximate surface area is 104 Å². The molecule has 2 rings (SSSR count). The first-order valence-corrected chi connectivity index (χ1v) is 5.13. The summed E-state index contributed by atoms with van der Waals surface area (Å²) in [6.07, 6.45) is -4.41. The van der Waals surface area contributed by atoms with Gasteiger partial charge in [0.05, 0.1) is 5.02 Å². The predicted octanol–water partition coefficient (Wildman–Crippen LogP) is 2.14. The number of hydrogen-bond donors (Lipinski definition) is 1. The van der Waals surface area contributed by atoms with Gasteiger partial charge in [0.15, 0.2) is 5.82 Å². The van der Waals surface area contributed by atoms with Gasteiger partial charge in [0.2, 0.25) is 0 Å². The third-order valence-electron chi connectivity index (χ3n) is 2.09. The lowest BCUT2D eigenvalue weighted by atomic mass is 10.2. The minimum atomic E-state index is -4.41. The van der Waals surface area contributed by atoms with Crippen molar-refractivity contribution in [2.24, 2.45) is 0 Å². The second kappa shape index (κ2) is 4.45. The van der Waals surface area contributed by atoms with Gasteiger partial charge >= 0.3 is 6.18 Å². The number of benzene rings is 1. The minimum absolute atomic E-state index is 0.0580. The maximum atomic E-state index is 12.3. The van der Waals surface area contributed by atoms with Crippen molar-refractivity contribution in [3.05, 3.63) is 23.2 Å². The van der Waals surface area contributed by atoms with E-state index in [1.807, 2.05) is 0 Å². The topological polar surface area (TPSA) is 69.6 Å². The first-order valence-electron chi connectivity index (χ1n) is 4.75. The molecule has 2 N–H and O–H groups in total. The average molecular weight is 278 g/mol. The van der Waals surface area contributed by atoms with Crippen molar-refractivity contribution < 1.29 is 13.2 Å². The molecule has 5 nitrogen and oxygen atoms in total. The molecule has 0 saturated carbocycles. The molecule has 1 aromatic heterocycles. The maximum absolute atomic E-state index is 12.3. The summed E-state index contributed by atoms with van der Waals surface area (Å²) < 4.78 is 37.6. The van der Waals surface area contributed by atoms with Gasteiger partial charge in [0.25, 0.3) is 0 Å². The number of halogens is 4. The molecule has 0 amide bonds. The van der Waals surface area contributed by atoms with Crippen LogP contribution in [-0.4, -0.2) is 26.4 Å². The maximum Gasteiger partial charge on any atom is 0.408 e. The van der Waals surface area contributed by atoms with E-state index in [1.54, 1.807) is 0 Å². The fraction of sp³-hybridized carbons (Fsp3) is 0.222. The zero-order valence-corrected chi connectivity index (χ0v) is 9.57. The molecular formula is C9H7ClF3N5. The van der Waals surface area contributed by atoms with Crippen LogP contribution in [0, 0.1) is 0 Å². The van der Waals surface area contributed by atoms with Gasteiger partial charge < -0.3 is 5.73 Å². The van der Waals surface area contributed by atoms with Crippen LogP contribution in [0.15, 0.2) is 18.2 Å². The quantitative estimate of drug-likeness (QED) is 0.854. The largest absolute Gasteiger partial charge is 0.408 e. The molecule has 18 heavy (non-hydrogen) atoms. The number of aromatic nitrogens is 4. The lowest BCUT2D eigenvalue weighted by molar-refractivity contribution is -0.142. The van der Waals surface area contributed by atoms with Crippen molar-refractivity contribution >= 4 is 17.3 Å². The number of rotatable bonds is 2. The normalized spacial score (nSPS) is 11.8. The molecule has 0 spiro atoms. The van der Waals surface area contributed by atoms with Crippen LogP contribution in [0.2, 0.25) is 5.02 Å². The Bertz CT molecular complexity index is 566. The van der Waals surface area contributed by atoms with Gasteiger partial charge in [-0.3, -0.25) is 0 Å². The van der Waals surface area contributed by atoms with E-state index in [4.69, 9.17) is 17.3 Å². The Morgan fingerprint density at radius 2 is 2.06 bits per heavy atom. The van der Waals surface area contributed by atoms with Crippen LogP contribution in [0.1, 0.15) is 0 Å². The molecule has 1 aromatic carbocycles. The van der Waals surface area contributed by atoms with Crippen molar-refractivity contribution in [3.8, 4) is 11.4 Å². The molecule has 1 heterocycles. The number of alkyl halides is 3. The second-order valence-corrected chi connectivity index (χ2v) is 3.92. The summed E-state index contributed by atoms with van der Waals surface area (Å²) in [4.78, 5) is 0. The zero-order chi connectivity index (χ0) is 13.3.